The molecule has 0 aromatic heterocycles. The van der Waals surface area contributed by atoms with Crippen LogP contribution in [0.4, 0.5) is 0 Å². The first-order chi connectivity index (χ1) is 13.6. The second kappa shape index (κ2) is 13.9. The lowest BCUT2D eigenvalue weighted by Crippen LogP contribution is -2.33. The summed E-state index contributed by atoms with van der Waals surface area (Å²) in [6.45, 7) is 1.44. The van der Waals surface area contributed by atoms with Crippen molar-refractivity contribution < 1.29 is 28.8 Å². The minimum absolute atomic E-state index is 0. The Bertz CT molecular complexity index is 712. The topological polar surface area (TPSA) is 86.3 Å². The molecule has 0 fully saturated rings. The van der Waals surface area contributed by atoms with Gasteiger partial charge in [-0.3, -0.25) is 0 Å². The van der Waals surface area contributed by atoms with Crippen molar-refractivity contribution >= 4 is 30.0 Å². The van der Waals surface area contributed by atoms with Crippen molar-refractivity contribution in [3.63, 3.8) is 0 Å². The SMILES string of the molecule is COC(=O)COc1ccc(OCCNCC(O)COc2ccc(Cl)cc2)cc1.Cl. The number of methoxy groups -OCH3 is 1. The Morgan fingerprint density at radius 1 is 1.00 bits per heavy atom. The molecule has 0 heterocycles. The molecule has 0 aliphatic rings. The molecule has 0 saturated heterocycles. The molecule has 0 spiro atoms. The van der Waals surface area contributed by atoms with Gasteiger partial charge in [-0.25, -0.2) is 4.79 Å². The summed E-state index contributed by atoms with van der Waals surface area (Å²) in [6.07, 6.45) is -0.637. The van der Waals surface area contributed by atoms with Crippen LogP contribution in [0, 0.1) is 0 Å². The van der Waals surface area contributed by atoms with Crippen LogP contribution < -0.4 is 19.5 Å². The van der Waals surface area contributed by atoms with Crippen molar-refractivity contribution in [1.29, 1.82) is 0 Å². The van der Waals surface area contributed by atoms with Crippen LogP contribution >= 0.6 is 24.0 Å². The zero-order chi connectivity index (χ0) is 20.2. The molecule has 2 rings (SSSR count). The Balaban J connectivity index is 0.00000420. The van der Waals surface area contributed by atoms with Crippen LogP contribution in [-0.2, 0) is 9.53 Å². The van der Waals surface area contributed by atoms with E-state index in [1.165, 1.54) is 7.11 Å². The molecular formula is C20H25Cl2NO6. The number of halogens is 2. The number of hydrogen-bond donors (Lipinski definition) is 2. The number of carbonyl (C=O) groups is 1. The monoisotopic (exact) mass is 445 g/mol. The third kappa shape index (κ3) is 10.2. The van der Waals surface area contributed by atoms with Crippen LogP contribution in [0.1, 0.15) is 0 Å². The molecule has 160 valence electrons. The Morgan fingerprint density at radius 2 is 1.55 bits per heavy atom. The summed E-state index contributed by atoms with van der Waals surface area (Å²) in [7, 11) is 1.31. The Morgan fingerprint density at radius 3 is 2.17 bits per heavy atom. The molecule has 2 aromatic rings. The first kappa shape index (κ1) is 24.8. The molecule has 1 atom stereocenters. The van der Waals surface area contributed by atoms with Gasteiger partial charge in [-0.05, 0) is 48.5 Å². The second-order valence-corrected chi connectivity index (χ2v) is 6.24. The molecule has 9 heteroatoms. The molecule has 0 aliphatic heterocycles. The smallest absolute Gasteiger partial charge is 0.343 e. The summed E-state index contributed by atoms with van der Waals surface area (Å²) in [5.74, 6) is 1.46. The number of nitrogens with one attached hydrogen (secondary N) is 1. The number of ether oxygens (including phenoxy) is 4. The highest BCUT2D eigenvalue weighted by molar-refractivity contribution is 6.30. The largest absolute Gasteiger partial charge is 0.492 e. The minimum Gasteiger partial charge on any atom is -0.492 e. The average Bonchev–Trinajstić information content (AvgIpc) is 2.72. The lowest BCUT2D eigenvalue weighted by Gasteiger charge is -2.14. The van der Waals surface area contributed by atoms with Gasteiger partial charge < -0.3 is 29.4 Å². The fourth-order valence-corrected chi connectivity index (χ4v) is 2.25. The van der Waals surface area contributed by atoms with Gasteiger partial charge in [0, 0.05) is 18.1 Å². The van der Waals surface area contributed by atoms with Crippen LogP contribution in [0.3, 0.4) is 0 Å². The second-order valence-electron chi connectivity index (χ2n) is 5.81. The normalized spacial score (nSPS) is 11.1. The molecule has 1 unspecified atom stereocenters. The highest BCUT2D eigenvalue weighted by atomic mass is 35.5. The molecule has 0 amide bonds. The number of carbonyl (C=O) groups excluding carboxylic acids is 1. The zero-order valence-electron chi connectivity index (χ0n) is 16.0. The number of benzene rings is 2. The van der Waals surface area contributed by atoms with Gasteiger partial charge in [0.2, 0.25) is 0 Å². The molecular weight excluding hydrogens is 421 g/mol. The van der Waals surface area contributed by atoms with Crippen molar-refractivity contribution in [3.8, 4) is 17.2 Å². The maximum atomic E-state index is 11.0. The number of aliphatic hydroxyl groups excluding tert-OH is 1. The quantitative estimate of drug-likeness (QED) is 0.383. The van der Waals surface area contributed by atoms with Crippen molar-refractivity contribution in [2.45, 2.75) is 6.10 Å². The number of aliphatic hydroxyl groups is 1. The van der Waals surface area contributed by atoms with Crippen LogP contribution in [0.25, 0.3) is 0 Å². The minimum atomic E-state index is -0.637. The average molecular weight is 446 g/mol. The summed E-state index contributed by atoms with van der Waals surface area (Å²) in [5, 5.41) is 13.7. The van der Waals surface area contributed by atoms with Gasteiger partial charge in [-0.1, -0.05) is 11.6 Å². The molecule has 0 radical (unpaired) electrons. The predicted octanol–water partition coefficient (Wildman–Crippen LogP) is 2.72. The zero-order valence-corrected chi connectivity index (χ0v) is 17.6. The van der Waals surface area contributed by atoms with E-state index >= 15 is 0 Å². The molecule has 29 heavy (non-hydrogen) atoms. The summed E-state index contributed by atoms with van der Waals surface area (Å²) in [4.78, 5) is 11.0. The van der Waals surface area contributed by atoms with E-state index in [4.69, 9.17) is 25.8 Å². The molecule has 0 bridgehead atoms. The van der Waals surface area contributed by atoms with E-state index in [9.17, 15) is 9.90 Å². The highest BCUT2D eigenvalue weighted by Crippen LogP contribution is 2.17. The third-order valence-electron chi connectivity index (χ3n) is 3.59. The van der Waals surface area contributed by atoms with E-state index in [0.29, 0.717) is 42.0 Å². The van der Waals surface area contributed by atoms with Crippen molar-refractivity contribution in [2.75, 3.05) is 40.0 Å². The van der Waals surface area contributed by atoms with E-state index in [0.717, 1.165) is 0 Å². The molecule has 0 aliphatic carbocycles. The van der Waals surface area contributed by atoms with Crippen LogP contribution in [0.2, 0.25) is 5.02 Å². The maximum Gasteiger partial charge on any atom is 0.343 e. The van der Waals surface area contributed by atoms with Gasteiger partial charge in [0.1, 0.15) is 36.6 Å². The maximum absolute atomic E-state index is 11.0. The first-order valence-corrected chi connectivity index (χ1v) is 9.14. The number of esters is 1. The highest BCUT2D eigenvalue weighted by Gasteiger charge is 2.05. The molecule has 2 aromatic carbocycles. The Labute approximate surface area is 181 Å². The Hall–Kier alpha value is -2.19. The lowest BCUT2D eigenvalue weighted by atomic mass is 10.3. The van der Waals surface area contributed by atoms with Crippen LogP contribution in [-0.4, -0.2) is 57.2 Å². The van der Waals surface area contributed by atoms with Crippen molar-refractivity contribution in [2.24, 2.45) is 0 Å². The van der Waals surface area contributed by atoms with E-state index in [-0.39, 0.29) is 25.6 Å². The standard InChI is InChI=1S/C20H24ClNO6.ClH/c1-25-20(24)14-28-19-8-6-17(7-9-19)26-11-10-22-12-16(23)13-27-18-4-2-15(21)3-5-18;/h2-9,16,22-23H,10-14H2,1H3;1H. The molecule has 2 N–H and O–H groups in total. The number of hydrogen-bond acceptors (Lipinski definition) is 7. The predicted molar refractivity (Wildman–Crippen MR) is 113 cm³/mol. The van der Waals surface area contributed by atoms with E-state index in [1.54, 1.807) is 48.5 Å². The van der Waals surface area contributed by atoms with E-state index < -0.39 is 12.1 Å². The summed E-state index contributed by atoms with van der Waals surface area (Å²) >= 11 is 5.81. The lowest BCUT2D eigenvalue weighted by molar-refractivity contribution is -0.142. The van der Waals surface area contributed by atoms with E-state index in [1.807, 2.05) is 0 Å². The summed E-state index contributed by atoms with van der Waals surface area (Å²) in [6, 6.07) is 13.9. The van der Waals surface area contributed by atoms with Crippen molar-refractivity contribution in [3.05, 3.63) is 53.6 Å². The van der Waals surface area contributed by atoms with E-state index in [2.05, 4.69) is 10.1 Å². The van der Waals surface area contributed by atoms with Gasteiger partial charge >= 0.3 is 5.97 Å². The molecule has 0 saturated carbocycles. The first-order valence-electron chi connectivity index (χ1n) is 8.76. The number of rotatable bonds is 12. The fraction of sp³-hybridized carbons (Fsp3) is 0.350. The van der Waals surface area contributed by atoms with Crippen molar-refractivity contribution in [1.82, 2.24) is 5.32 Å². The van der Waals surface area contributed by atoms with Gasteiger partial charge in [0.15, 0.2) is 6.61 Å². The van der Waals surface area contributed by atoms with Gasteiger partial charge in [-0.15, -0.1) is 12.4 Å². The Kier molecular flexibility index (Phi) is 11.9. The summed E-state index contributed by atoms with van der Waals surface area (Å²) < 4.78 is 20.8. The van der Waals surface area contributed by atoms with Crippen LogP contribution in [0.15, 0.2) is 48.5 Å². The third-order valence-corrected chi connectivity index (χ3v) is 3.84. The fourth-order valence-electron chi connectivity index (χ4n) is 2.13. The summed E-state index contributed by atoms with van der Waals surface area (Å²) in [5.41, 5.74) is 0. The van der Waals surface area contributed by atoms with Gasteiger partial charge in [0.25, 0.3) is 0 Å². The molecule has 7 nitrogen and oxygen atoms in total. The van der Waals surface area contributed by atoms with Gasteiger partial charge in [0.05, 0.1) is 7.11 Å². The van der Waals surface area contributed by atoms with Gasteiger partial charge in [-0.2, -0.15) is 0 Å². The van der Waals surface area contributed by atoms with Crippen LogP contribution in [0.5, 0.6) is 17.2 Å².